The normalized spacial score (nSPS) is 23.9. The van der Waals surface area contributed by atoms with Gasteiger partial charge in [0.15, 0.2) is 5.72 Å². The van der Waals surface area contributed by atoms with Gasteiger partial charge in [-0.3, -0.25) is 0 Å². The molecule has 1 aromatic rings. The summed E-state index contributed by atoms with van der Waals surface area (Å²) in [7, 11) is 1.63. The minimum atomic E-state index is -0.990. The monoisotopic (exact) mass is 191 g/mol. The Morgan fingerprint density at radius 1 is 1.43 bits per heavy atom. The van der Waals surface area contributed by atoms with Crippen LogP contribution in [0.1, 0.15) is 18.1 Å². The van der Waals surface area contributed by atoms with Crippen LogP contribution in [-0.2, 0) is 5.72 Å². The number of benzene rings is 1. The zero-order valence-corrected chi connectivity index (χ0v) is 8.24. The Labute approximate surface area is 83.0 Å². The summed E-state index contributed by atoms with van der Waals surface area (Å²) in [6.07, 6.45) is 3.65. The third kappa shape index (κ3) is 1.36. The topological polar surface area (TPSA) is 41.5 Å². The minimum Gasteiger partial charge on any atom is -0.497 e. The summed E-state index contributed by atoms with van der Waals surface area (Å²) in [6, 6.07) is 5.61. The average Bonchev–Trinajstić information content (AvgIpc) is 2.16. The first kappa shape index (κ1) is 9.09. The molecule has 1 aromatic carbocycles. The Hall–Kier alpha value is -1.48. The zero-order chi connectivity index (χ0) is 10.2. The molecule has 1 atom stereocenters. The highest BCUT2D eigenvalue weighted by Gasteiger charge is 2.26. The average molecular weight is 191 g/mol. The van der Waals surface area contributed by atoms with E-state index >= 15 is 0 Å². The van der Waals surface area contributed by atoms with Crippen molar-refractivity contribution in [3.05, 3.63) is 35.5 Å². The van der Waals surface area contributed by atoms with E-state index in [2.05, 4.69) is 5.32 Å². The van der Waals surface area contributed by atoms with Gasteiger partial charge in [0.1, 0.15) is 5.75 Å². The van der Waals surface area contributed by atoms with Gasteiger partial charge in [0.25, 0.3) is 0 Å². The fourth-order valence-corrected chi connectivity index (χ4v) is 1.62. The van der Waals surface area contributed by atoms with E-state index in [1.807, 2.05) is 24.3 Å². The maximum Gasteiger partial charge on any atom is 0.159 e. The molecule has 0 aromatic heterocycles. The number of fused-ring (bicyclic) bond motifs is 1. The molecule has 1 unspecified atom stereocenters. The van der Waals surface area contributed by atoms with E-state index < -0.39 is 5.72 Å². The molecule has 0 saturated carbocycles. The minimum absolute atomic E-state index is 0.797. The number of ether oxygens (including phenoxy) is 1. The van der Waals surface area contributed by atoms with E-state index in [1.165, 1.54) is 0 Å². The van der Waals surface area contributed by atoms with Gasteiger partial charge in [0.2, 0.25) is 0 Å². The van der Waals surface area contributed by atoms with Gasteiger partial charge in [-0.2, -0.15) is 0 Å². The summed E-state index contributed by atoms with van der Waals surface area (Å²) in [4.78, 5) is 0. The smallest absolute Gasteiger partial charge is 0.159 e. The maximum atomic E-state index is 9.99. The van der Waals surface area contributed by atoms with Crippen LogP contribution in [0, 0.1) is 0 Å². The number of aliphatic hydroxyl groups is 1. The lowest BCUT2D eigenvalue weighted by Crippen LogP contribution is -2.38. The molecule has 0 bridgehead atoms. The molecular weight excluding hydrogens is 178 g/mol. The van der Waals surface area contributed by atoms with Crippen LogP contribution in [-0.4, -0.2) is 12.2 Å². The number of nitrogens with one attached hydrogen (secondary N) is 1. The van der Waals surface area contributed by atoms with Crippen LogP contribution in [0.4, 0.5) is 0 Å². The Kier molecular flexibility index (Phi) is 1.97. The summed E-state index contributed by atoms with van der Waals surface area (Å²) in [5, 5.41) is 12.9. The summed E-state index contributed by atoms with van der Waals surface area (Å²) in [5.74, 6) is 0.797. The van der Waals surface area contributed by atoms with Crippen molar-refractivity contribution in [3.8, 4) is 5.75 Å². The van der Waals surface area contributed by atoms with Crippen molar-refractivity contribution in [3.63, 3.8) is 0 Å². The molecule has 0 amide bonds. The standard InChI is InChI=1S/C11H13NO2/c1-11(13)10-4-3-9(14-2)7-8(10)5-6-12-11/h3-7,12-13H,1-2H3. The second-order valence-corrected chi connectivity index (χ2v) is 3.50. The van der Waals surface area contributed by atoms with E-state index in [0.717, 1.165) is 16.9 Å². The third-order valence-corrected chi connectivity index (χ3v) is 2.41. The molecule has 2 N–H and O–H groups in total. The first-order valence-corrected chi connectivity index (χ1v) is 4.48. The molecule has 1 heterocycles. The van der Waals surface area contributed by atoms with Gasteiger partial charge in [-0.1, -0.05) is 0 Å². The van der Waals surface area contributed by atoms with Crippen molar-refractivity contribution in [1.82, 2.24) is 5.32 Å². The second-order valence-electron chi connectivity index (χ2n) is 3.50. The van der Waals surface area contributed by atoms with Crippen molar-refractivity contribution in [2.45, 2.75) is 12.6 Å². The van der Waals surface area contributed by atoms with Crippen molar-refractivity contribution >= 4 is 6.08 Å². The SMILES string of the molecule is COc1ccc2c(c1)C=CNC2(C)O. The Morgan fingerprint density at radius 2 is 2.21 bits per heavy atom. The lowest BCUT2D eigenvalue weighted by molar-refractivity contribution is 0.0331. The highest BCUT2D eigenvalue weighted by molar-refractivity contribution is 5.59. The molecule has 0 spiro atoms. The van der Waals surface area contributed by atoms with Crippen LogP contribution < -0.4 is 10.1 Å². The Balaban J connectivity index is 2.53. The number of methoxy groups -OCH3 is 1. The molecule has 0 saturated heterocycles. The van der Waals surface area contributed by atoms with Crippen LogP contribution in [0.3, 0.4) is 0 Å². The molecule has 0 radical (unpaired) electrons. The van der Waals surface area contributed by atoms with Crippen molar-refractivity contribution in [2.24, 2.45) is 0 Å². The predicted molar refractivity (Wildman–Crippen MR) is 54.7 cm³/mol. The van der Waals surface area contributed by atoms with Crippen LogP contribution in [0.5, 0.6) is 5.75 Å². The fourth-order valence-electron chi connectivity index (χ4n) is 1.62. The lowest BCUT2D eigenvalue weighted by atomic mass is 9.95. The maximum absolute atomic E-state index is 9.99. The second kappa shape index (κ2) is 3.03. The molecule has 2 rings (SSSR count). The van der Waals surface area contributed by atoms with Crippen molar-refractivity contribution < 1.29 is 9.84 Å². The molecule has 1 aliphatic heterocycles. The molecule has 74 valence electrons. The van der Waals surface area contributed by atoms with Crippen LogP contribution in [0.15, 0.2) is 24.4 Å². The number of rotatable bonds is 1. The highest BCUT2D eigenvalue weighted by Crippen LogP contribution is 2.29. The molecule has 0 fully saturated rings. The van der Waals surface area contributed by atoms with Crippen molar-refractivity contribution in [2.75, 3.05) is 7.11 Å². The highest BCUT2D eigenvalue weighted by atomic mass is 16.5. The summed E-state index contributed by atoms with van der Waals surface area (Å²) in [6.45, 7) is 1.72. The van der Waals surface area contributed by atoms with E-state index in [4.69, 9.17) is 4.74 Å². The fraction of sp³-hybridized carbons (Fsp3) is 0.273. The van der Waals surface area contributed by atoms with Crippen LogP contribution in [0.2, 0.25) is 0 Å². The first-order chi connectivity index (χ1) is 6.63. The summed E-state index contributed by atoms with van der Waals surface area (Å²) in [5.41, 5.74) is 0.852. The lowest BCUT2D eigenvalue weighted by Gasteiger charge is -2.29. The van der Waals surface area contributed by atoms with Crippen LogP contribution >= 0.6 is 0 Å². The Morgan fingerprint density at radius 3 is 2.93 bits per heavy atom. The van der Waals surface area contributed by atoms with E-state index in [-0.39, 0.29) is 0 Å². The van der Waals surface area contributed by atoms with Gasteiger partial charge in [-0.05, 0) is 43.0 Å². The predicted octanol–water partition coefficient (Wildman–Crippen LogP) is 1.43. The molecule has 3 nitrogen and oxygen atoms in total. The van der Waals surface area contributed by atoms with Gasteiger partial charge >= 0.3 is 0 Å². The number of hydrogen-bond donors (Lipinski definition) is 2. The Bertz CT molecular complexity index is 383. The van der Waals surface area contributed by atoms with Crippen molar-refractivity contribution in [1.29, 1.82) is 0 Å². The molecule has 3 heteroatoms. The third-order valence-electron chi connectivity index (χ3n) is 2.41. The van der Waals surface area contributed by atoms with E-state index in [1.54, 1.807) is 20.2 Å². The quantitative estimate of drug-likeness (QED) is 0.705. The molecule has 1 aliphatic rings. The van der Waals surface area contributed by atoms with Gasteiger partial charge in [-0.25, -0.2) is 0 Å². The zero-order valence-electron chi connectivity index (χ0n) is 8.24. The molecular formula is C11H13NO2. The molecule has 0 aliphatic carbocycles. The van der Waals surface area contributed by atoms with E-state index in [9.17, 15) is 5.11 Å². The summed E-state index contributed by atoms with van der Waals surface area (Å²) < 4.78 is 5.11. The van der Waals surface area contributed by atoms with E-state index in [0.29, 0.717) is 0 Å². The largest absolute Gasteiger partial charge is 0.497 e. The number of hydrogen-bond acceptors (Lipinski definition) is 3. The van der Waals surface area contributed by atoms with Gasteiger partial charge in [0.05, 0.1) is 7.11 Å². The first-order valence-electron chi connectivity index (χ1n) is 4.48. The molecule has 14 heavy (non-hydrogen) atoms. The van der Waals surface area contributed by atoms with Crippen LogP contribution in [0.25, 0.3) is 6.08 Å². The van der Waals surface area contributed by atoms with Gasteiger partial charge in [0, 0.05) is 5.56 Å². The van der Waals surface area contributed by atoms with Gasteiger partial charge < -0.3 is 15.2 Å². The van der Waals surface area contributed by atoms with Gasteiger partial charge in [-0.15, -0.1) is 0 Å². The summed E-state index contributed by atoms with van der Waals surface area (Å²) >= 11 is 0.